The lowest BCUT2D eigenvalue weighted by Crippen LogP contribution is -2.09. The van der Waals surface area contributed by atoms with Crippen LogP contribution in [0.2, 0.25) is 0 Å². The number of ether oxygens (including phenoxy) is 1. The fraction of sp³-hybridized carbons (Fsp3) is 0.667. The lowest BCUT2D eigenvalue weighted by Gasteiger charge is -2.07. The number of hydrogen-bond donors (Lipinski definition) is 0. The van der Waals surface area contributed by atoms with Gasteiger partial charge in [-0.3, -0.25) is 0 Å². The van der Waals surface area contributed by atoms with Crippen molar-refractivity contribution in [3.8, 4) is 0 Å². The van der Waals surface area contributed by atoms with E-state index < -0.39 is 0 Å². The monoisotopic (exact) mass is 202 g/mol. The summed E-state index contributed by atoms with van der Waals surface area (Å²) in [5, 5.41) is 0. The maximum absolute atomic E-state index is 10.9. The third-order valence-electron chi connectivity index (χ3n) is 1.76. The SMILES string of the molecule is C=C(C)C(=O)OSCC1CCCO1. The van der Waals surface area contributed by atoms with Gasteiger partial charge in [0.25, 0.3) is 0 Å². The molecule has 1 aliphatic rings. The zero-order chi connectivity index (χ0) is 9.68. The average molecular weight is 202 g/mol. The second-order valence-corrected chi connectivity index (χ2v) is 3.81. The van der Waals surface area contributed by atoms with Crippen LogP contribution in [0.1, 0.15) is 19.8 Å². The zero-order valence-electron chi connectivity index (χ0n) is 7.75. The summed E-state index contributed by atoms with van der Waals surface area (Å²) < 4.78 is 10.2. The summed E-state index contributed by atoms with van der Waals surface area (Å²) in [5.41, 5.74) is 0.430. The largest absolute Gasteiger partial charge is 0.388 e. The van der Waals surface area contributed by atoms with Crippen LogP contribution in [0.25, 0.3) is 0 Å². The summed E-state index contributed by atoms with van der Waals surface area (Å²) >= 11 is 1.15. The smallest absolute Gasteiger partial charge is 0.345 e. The van der Waals surface area contributed by atoms with Crippen LogP contribution in [0.3, 0.4) is 0 Å². The predicted octanol–water partition coefficient (Wildman–Crippen LogP) is 1.93. The van der Waals surface area contributed by atoms with E-state index >= 15 is 0 Å². The van der Waals surface area contributed by atoms with Gasteiger partial charge in [-0.1, -0.05) is 6.58 Å². The highest BCUT2D eigenvalue weighted by Crippen LogP contribution is 2.18. The van der Waals surface area contributed by atoms with E-state index in [0.29, 0.717) is 5.57 Å². The van der Waals surface area contributed by atoms with E-state index in [4.69, 9.17) is 8.92 Å². The Labute approximate surface area is 82.7 Å². The van der Waals surface area contributed by atoms with Gasteiger partial charge < -0.3 is 8.92 Å². The number of carbonyl (C=O) groups excluding carboxylic acids is 1. The minimum Gasteiger partial charge on any atom is -0.388 e. The Hall–Kier alpha value is -0.480. The van der Waals surface area contributed by atoms with Crippen LogP contribution in [0.5, 0.6) is 0 Å². The summed E-state index contributed by atoms with van der Waals surface area (Å²) in [4.78, 5) is 10.9. The molecule has 4 heteroatoms. The third kappa shape index (κ3) is 3.83. The summed E-state index contributed by atoms with van der Waals surface area (Å²) in [6, 6.07) is 0. The molecule has 0 radical (unpaired) electrons. The van der Waals surface area contributed by atoms with Crippen LogP contribution in [-0.4, -0.2) is 24.4 Å². The molecular formula is C9H14O3S. The van der Waals surface area contributed by atoms with Crippen molar-refractivity contribution in [1.82, 2.24) is 0 Å². The van der Waals surface area contributed by atoms with E-state index in [-0.39, 0.29) is 12.1 Å². The van der Waals surface area contributed by atoms with Crippen LogP contribution in [0.15, 0.2) is 12.2 Å². The molecule has 0 aliphatic carbocycles. The van der Waals surface area contributed by atoms with Crippen LogP contribution in [0, 0.1) is 0 Å². The van der Waals surface area contributed by atoms with Crippen molar-refractivity contribution in [2.24, 2.45) is 0 Å². The molecule has 0 N–H and O–H groups in total. The van der Waals surface area contributed by atoms with Crippen molar-refractivity contribution in [2.45, 2.75) is 25.9 Å². The highest BCUT2D eigenvalue weighted by Gasteiger charge is 2.16. The van der Waals surface area contributed by atoms with Crippen molar-refractivity contribution < 1.29 is 13.7 Å². The molecule has 0 bridgehead atoms. The van der Waals surface area contributed by atoms with Crippen molar-refractivity contribution in [3.05, 3.63) is 12.2 Å². The predicted molar refractivity (Wildman–Crippen MR) is 52.3 cm³/mol. The van der Waals surface area contributed by atoms with Crippen LogP contribution in [-0.2, 0) is 13.7 Å². The van der Waals surface area contributed by atoms with Gasteiger partial charge in [0.05, 0.1) is 23.9 Å². The Bertz CT molecular complexity index is 197. The van der Waals surface area contributed by atoms with E-state index in [1.807, 2.05) is 0 Å². The quantitative estimate of drug-likeness (QED) is 0.515. The first-order chi connectivity index (χ1) is 6.20. The van der Waals surface area contributed by atoms with Gasteiger partial charge in [-0.2, -0.15) is 0 Å². The molecule has 0 spiro atoms. The van der Waals surface area contributed by atoms with Gasteiger partial charge in [-0.05, 0) is 19.8 Å². The molecule has 3 nitrogen and oxygen atoms in total. The molecule has 74 valence electrons. The molecule has 13 heavy (non-hydrogen) atoms. The molecule has 1 atom stereocenters. The minimum atomic E-state index is -0.344. The fourth-order valence-corrected chi connectivity index (χ4v) is 1.74. The second-order valence-electron chi connectivity index (χ2n) is 3.07. The van der Waals surface area contributed by atoms with E-state index in [2.05, 4.69) is 6.58 Å². The van der Waals surface area contributed by atoms with Crippen LogP contribution in [0.4, 0.5) is 0 Å². The normalized spacial score (nSPS) is 21.5. The van der Waals surface area contributed by atoms with E-state index in [1.54, 1.807) is 6.92 Å². The second kappa shape index (κ2) is 5.29. The van der Waals surface area contributed by atoms with Crippen molar-refractivity contribution in [2.75, 3.05) is 12.4 Å². The van der Waals surface area contributed by atoms with Crippen molar-refractivity contribution >= 4 is 18.0 Å². The first-order valence-electron chi connectivity index (χ1n) is 4.31. The maximum Gasteiger partial charge on any atom is 0.345 e. The molecule has 1 saturated heterocycles. The first kappa shape index (κ1) is 10.6. The molecule has 0 amide bonds. The van der Waals surface area contributed by atoms with Gasteiger partial charge in [0.15, 0.2) is 0 Å². The Balaban J connectivity index is 2.06. The standard InChI is InChI=1S/C9H14O3S/c1-7(2)9(10)12-13-6-8-4-3-5-11-8/h8H,1,3-6H2,2H3. The molecule has 1 fully saturated rings. The molecule has 0 saturated carbocycles. The molecule has 1 rings (SSSR count). The lowest BCUT2D eigenvalue weighted by molar-refractivity contribution is -0.128. The number of rotatable bonds is 4. The molecule has 1 heterocycles. The first-order valence-corrected chi connectivity index (χ1v) is 5.22. The van der Waals surface area contributed by atoms with Gasteiger partial charge in [-0.25, -0.2) is 4.79 Å². The molecule has 0 aromatic carbocycles. The van der Waals surface area contributed by atoms with E-state index in [9.17, 15) is 4.79 Å². The zero-order valence-corrected chi connectivity index (χ0v) is 8.56. The molecule has 0 aromatic heterocycles. The van der Waals surface area contributed by atoms with E-state index in [1.165, 1.54) is 0 Å². The van der Waals surface area contributed by atoms with Gasteiger partial charge >= 0.3 is 5.97 Å². The summed E-state index contributed by atoms with van der Waals surface area (Å²) in [7, 11) is 0. The number of carbonyl (C=O) groups is 1. The Morgan fingerprint density at radius 2 is 2.54 bits per heavy atom. The van der Waals surface area contributed by atoms with Gasteiger partial charge in [0, 0.05) is 12.2 Å². The van der Waals surface area contributed by atoms with Gasteiger partial charge in [0.2, 0.25) is 0 Å². The van der Waals surface area contributed by atoms with Crippen molar-refractivity contribution in [1.29, 1.82) is 0 Å². The summed E-state index contributed by atoms with van der Waals surface area (Å²) in [6.45, 7) is 5.95. The van der Waals surface area contributed by atoms with Gasteiger partial charge in [-0.15, -0.1) is 0 Å². The molecule has 0 aromatic rings. The fourth-order valence-electron chi connectivity index (χ4n) is 1.01. The summed E-state index contributed by atoms with van der Waals surface area (Å²) in [6.07, 6.45) is 2.43. The molecule has 1 aliphatic heterocycles. The Kier molecular flexibility index (Phi) is 4.32. The lowest BCUT2D eigenvalue weighted by atomic mass is 10.3. The maximum atomic E-state index is 10.9. The summed E-state index contributed by atoms with van der Waals surface area (Å²) in [5.74, 6) is 0.377. The molecular weight excluding hydrogens is 188 g/mol. The topological polar surface area (TPSA) is 35.5 Å². The highest BCUT2D eigenvalue weighted by molar-refractivity contribution is 7.95. The molecule has 1 unspecified atom stereocenters. The highest BCUT2D eigenvalue weighted by atomic mass is 32.2. The third-order valence-corrected chi connectivity index (χ3v) is 2.54. The van der Waals surface area contributed by atoms with Crippen LogP contribution >= 0.6 is 12.0 Å². The van der Waals surface area contributed by atoms with Gasteiger partial charge in [0.1, 0.15) is 0 Å². The van der Waals surface area contributed by atoms with E-state index in [0.717, 1.165) is 37.2 Å². The Morgan fingerprint density at radius 3 is 3.08 bits per heavy atom. The van der Waals surface area contributed by atoms with Crippen molar-refractivity contribution in [3.63, 3.8) is 0 Å². The number of hydrogen-bond acceptors (Lipinski definition) is 4. The minimum absolute atomic E-state index is 0.253. The van der Waals surface area contributed by atoms with Crippen LogP contribution < -0.4 is 0 Å². The Morgan fingerprint density at radius 1 is 1.77 bits per heavy atom. The average Bonchev–Trinajstić information content (AvgIpc) is 2.56.